The summed E-state index contributed by atoms with van der Waals surface area (Å²) in [7, 11) is 1.76. The fourth-order valence-corrected chi connectivity index (χ4v) is 7.12. The van der Waals surface area contributed by atoms with Crippen LogP contribution in [0.5, 0.6) is 0 Å². The Morgan fingerprint density at radius 3 is 2.62 bits per heavy atom. The minimum atomic E-state index is -0.147. The highest BCUT2D eigenvalue weighted by Gasteiger charge is 2.29. The highest BCUT2D eigenvalue weighted by Crippen LogP contribution is 2.42. The van der Waals surface area contributed by atoms with Gasteiger partial charge in [0.05, 0.1) is 43.9 Å². The largest absolute Gasteiger partial charge is 0.379 e. The molecule has 0 spiro atoms. The number of carbonyl (C=O) groups excluding carboxylic acids is 1. The fraction of sp³-hybridized carbons (Fsp3) is 0.622. The van der Waals surface area contributed by atoms with Gasteiger partial charge in [0.1, 0.15) is 6.29 Å². The molecule has 2 fully saturated rings. The molecule has 2 aromatic heterocycles. The molecular weight excluding hydrogens is 564 g/mol. The molecule has 8 nitrogen and oxygen atoms in total. The van der Waals surface area contributed by atoms with E-state index < -0.39 is 0 Å². The lowest BCUT2D eigenvalue weighted by molar-refractivity contribution is -0.108. The quantitative estimate of drug-likeness (QED) is 0.192. The van der Waals surface area contributed by atoms with E-state index in [2.05, 4.69) is 79.4 Å². The number of anilines is 1. The van der Waals surface area contributed by atoms with Gasteiger partial charge < -0.3 is 28.5 Å². The van der Waals surface area contributed by atoms with Gasteiger partial charge in [0.25, 0.3) is 0 Å². The van der Waals surface area contributed by atoms with Crippen molar-refractivity contribution >= 4 is 22.9 Å². The third-order valence-electron chi connectivity index (χ3n) is 9.82. The number of methoxy groups -OCH3 is 1. The average molecular weight is 619 g/mol. The lowest BCUT2D eigenvalue weighted by atomic mass is 9.80. The first-order valence-electron chi connectivity index (χ1n) is 17.0. The van der Waals surface area contributed by atoms with Crippen molar-refractivity contribution < 1.29 is 19.0 Å². The molecule has 2 aliphatic heterocycles. The van der Waals surface area contributed by atoms with Crippen LogP contribution in [0, 0.1) is 5.41 Å². The van der Waals surface area contributed by atoms with E-state index in [1.807, 2.05) is 0 Å². The number of hydrogen-bond donors (Lipinski definition) is 0. The molecule has 2 saturated heterocycles. The van der Waals surface area contributed by atoms with Gasteiger partial charge in [-0.15, -0.1) is 0 Å². The van der Waals surface area contributed by atoms with E-state index in [9.17, 15) is 4.79 Å². The van der Waals surface area contributed by atoms with E-state index in [4.69, 9.17) is 19.2 Å². The Morgan fingerprint density at radius 2 is 1.91 bits per heavy atom. The van der Waals surface area contributed by atoms with Crippen molar-refractivity contribution in [3.63, 3.8) is 0 Å². The summed E-state index contributed by atoms with van der Waals surface area (Å²) in [6.07, 6.45) is 7.29. The van der Waals surface area contributed by atoms with E-state index >= 15 is 0 Å². The Morgan fingerprint density at radius 1 is 1.13 bits per heavy atom. The van der Waals surface area contributed by atoms with Crippen molar-refractivity contribution in [3.05, 3.63) is 47.3 Å². The van der Waals surface area contributed by atoms with E-state index in [1.165, 1.54) is 33.4 Å². The van der Waals surface area contributed by atoms with Crippen molar-refractivity contribution in [2.45, 2.75) is 85.4 Å². The number of morpholine rings is 2. The monoisotopic (exact) mass is 618 g/mol. The first-order chi connectivity index (χ1) is 21.8. The zero-order valence-corrected chi connectivity index (χ0v) is 28.4. The molecule has 3 aromatic rings. The van der Waals surface area contributed by atoms with Gasteiger partial charge in [0.2, 0.25) is 0 Å². The molecule has 45 heavy (non-hydrogen) atoms. The summed E-state index contributed by atoms with van der Waals surface area (Å²) < 4.78 is 19.7. The van der Waals surface area contributed by atoms with Gasteiger partial charge in [-0.2, -0.15) is 0 Å². The maximum absolute atomic E-state index is 11.4. The number of aryl methyl sites for hydroxylation is 2. The van der Waals surface area contributed by atoms with Gasteiger partial charge in [-0.05, 0) is 93.8 Å². The average Bonchev–Trinajstić information content (AvgIpc) is 3.36. The number of benzene rings is 1. The molecular formula is C37H54N4O4. The van der Waals surface area contributed by atoms with Crippen LogP contribution in [0.15, 0.2) is 30.5 Å². The topological polar surface area (TPSA) is 69.1 Å². The lowest BCUT2D eigenvalue weighted by Gasteiger charge is -2.33. The summed E-state index contributed by atoms with van der Waals surface area (Å²) >= 11 is 0. The number of aromatic nitrogens is 2. The van der Waals surface area contributed by atoms with E-state index in [0.717, 1.165) is 102 Å². The van der Waals surface area contributed by atoms with Crippen LogP contribution in [-0.2, 0) is 38.4 Å². The predicted octanol–water partition coefficient (Wildman–Crippen LogP) is 6.47. The number of carbonyl (C=O) groups is 1. The maximum atomic E-state index is 11.4. The smallest absolute Gasteiger partial charge is 0.120 e. The summed E-state index contributed by atoms with van der Waals surface area (Å²) in [5.74, 6) is 0. The normalized spacial score (nSPS) is 18.9. The number of fused-ring (bicyclic) bond motifs is 1. The fourth-order valence-electron chi connectivity index (χ4n) is 7.12. The van der Waals surface area contributed by atoms with Crippen LogP contribution < -0.4 is 4.90 Å². The molecule has 1 aromatic carbocycles. The molecule has 0 N–H and O–H groups in total. The summed E-state index contributed by atoms with van der Waals surface area (Å²) in [5, 5.41) is 1.29. The molecule has 2 unspecified atom stereocenters. The Hall–Kier alpha value is -2.78. The number of aldehydes is 1. The van der Waals surface area contributed by atoms with Gasteiger partial charge in [0, 0.05) is 74.1 Å². The Kier molecular flexibility index (Phi) is 11.3. The van der Waals surface area contributed by atoms with Gasteiger partial charge in [-0.3, -0.25) is 9.88 Å². The molecule has 2 atom stereocenters. The highest BCUT2D eigenvalue weighted by atomic mass is 16.5. The SMILES string of the molecule is CCn1c(-c2cc(CCCN3CCOCC3C)cnc2C(C)OC)c(CC(C)(C)CCC=O)c2cc(N3CCOCC3)ccc21. The number of ether oxygens (including phenoxy) is 3. The van der Waals surface area contributed by atoms with Gasteiger partial charge in [-0.25, -0.2) is 0 Å². The number of hydrogen-bond acceptors (Lipinski definition) is 7. The third kappa shape index (κ3) is 7.79. The zero-order valence-electron chi connectivity index (χ0n) is 28.4. The zero-order chi connectivity index (χ0) is 32.0. The second-order valence-electron chi connectivity index (χ2n) is 13.6. The van der Waals surface area contributed by atoms with Crippen LogP contribution in [0.3, 0.4) is 0 Å². The molecule has 0 amide bonds. The van der Waals surface area contributed by atoms with Crippen molar-refractivity contribution in [1.29, 1.82) is 0 Å². The molecule has 4 heterocycles. The van der Waals surface area contributed by atoms with E-state index in [0.29, 0.717) is 12.5 Å². The van der Waals surface area contributed by atoms with Crippen LogP contribution in [0.1, 0.15) is 76.8 Å². The van der Waals surface area contributed by atoms with Crippen molar-refractivity contribution in [2.75, 3.05) is 64.6 Å². The summed E-state index contributed by atoms with van der Waals surface area (Å²) in [4.78, 5) is 21.5. The molecule has 8 heteroatoms. The van der Waals surface area contributed by atoms with Crippen molar-refractivity contribution in [3.8, 4) is 11.3 Å². The van der Waals surface area contributed by atoms with E-state index in [1.54, 1.807) is 7.11 Å². The first-order valence-corrected chi connectivity index (χ1v) is 17.0. The summed E-state index contributed by atoms with van der Waals surface area (Å²) in [5.41, 5.74) is 8.40. The van der Waals surface area contributed by atoms with Crippen LogP contribution >= 0.6 is 0 Å². The van der Waals surface area contributed by atoms with E-state index in [-0.39, 0.29) is 11.5 Å². The van der Waals surface area contributed by atoms with Crippen LogP contribution in [0.2, 0.25) is 0 Å². The van der Waals surface area contributed by atoms with Gasteiger partial charge in [0.15, 0.2) is 0 Å². The Labute approximate surface area is 270 Å². The van der Waals surface area contributed by atoms with Crippen LogP contribution in [0.25, 0.3) is 22.2 Å². The summed E-state index contributed by atoms with van der Waals surface area (Å²) in [6, 6.07) is 9.80. The molecule has 5 rings (SSSR count). The molecule has 0 bridgehead atoms. The lowest BCUT2D eigenvalue weighted by Crippen LogP contribution is -2.44. The third-order valence-corrected chi connectivity index (χ3v) is 9.82. The Balaban J connectivity index is 1.61. The second kappa shape index (κ2) is 15.2. The molecule has 0 saturated carbocycles. The summed E-state index contributed by atoms with van der Waals surface area (Å²) in [6.45, 7) is 19.0. The van der Waals surface area contributed by atoms with Crippen molar-refractivity contribution in [1.82, 2.24) is 14.5 Å². The molecule has 0 aliphatic carbocycles. The standard InChI is InChI=1S/C37H54N4O4/c1-7-41-34-12-11-30(40-16-19-44-20-17-40)23-31(34)33(24-37(4,5)13-9-18-42)36(41)32-22-29(25-38-35(32)28(3)43-6)10-8-14-39-15-21-45-26-27(39)2/h11-12,18,22-23,25,27-28H,7-10,13-17,19-21,24,26H2,1-6H3. The first kappa shape index (κ1) is 33.6. The van der Waals surface area contributed by atoms with Gasteiger partial charge in [-0.1, -0.05) is 13.8 Å². The van der Waals surface area contributed by atoms with Crippen molar-refractivity contribution in [2.24, 2.45) is 5.41 Å². The number of nitrogens with zero attached hydrogens (tertiary/aromatic N) is 4. The molecule has 0 radical (unpaired) electrons. The maximum Gasteiger partial charge on any atom is 0.120 e. The number of pyridine rings is 1. The van der Waals surface area contributed by atoms with Crippen LogP contribution in [0.4, 0.5) is 5.69 Å². The minimum absolute atomic E-state index is 0.0512. The second-order valence-corrected chi connectivity index (χ2v) is 13.6. The number of rotatable bonds is 14. The minimum Gasteiger partial charge on any atom is -0.379 e. The highest BCUT2D eigenvalue weighted by molar-refractivity contribution is 5.94. The predicted molar refractivity (Wildman–Crippen MR) is 182 cm³/mol. The Bertz CT molecular complexity index is 1430. The van der Waals surface area contributed by atoms with Crippen LogP contribution in [-0.4, -0.2) is 86.5 Å². The van der Waals surface area contributed by atoms with Gasteiger partial charge >= 0.3 is 0 Å². The molecule has 2 aliphatic rings. The molecule has 246 valence electrons.